The molecule has 0 aliphatic heterocycles. The smallest absolute Gasteiger partial charge is 0.223 e. The van der Waals surface area contributed by atoms with Crippen molar-refractivity contribution in [3.8, 4) is 5.75 Å². The number of rotatable bonds is 6. The van der Waals surface area contributed by atoms with Crippen LogP contribution in [-0.4, -0.2) is 29.8 Å². The number of hydrogen-bond donors (Lipinski definition) is 2. The second-order valence-corrected chi connectivity index (χ2v) is 5.41. The molecule has 0 aliphatic carbocycles. The molecule has 19 heavy (non-hydrogen) atoms. The fourth-order valence-electron chi connectivity index (χ4n) is 1.75. The van der Waals surface area contributed by atoms with Crippen molar-refractivity contribution in [2.24, 2.45) is 0 Å². The molecule has 106 valence electrons. The van der Waals surface area contributed by atoms with Gasteiger partial charge >= 0.3 is 0 Å². The average molecular weight is 265 g/mol. The van der Waals surface area contributed by atoms with Crippen LogP contribution in [0.3, 0.4) is 0 Å². The van der Waals surface area contributed by atoms with Crippen molar-refractivity contribution in [2.75, 3.05) is 13.2 Å². The van der Waals surface area contributed by atoms with Crippen LogP contribution in [0, 0.1) is 13.8 Å². The van der Waals surface area contributed by atoms with Gasteiger partial charge in [-0.1, -0.05) is 18.2 Å². The summed E-state index contributed by atoms with van der Waals surface area (Å²) in [6.07, 6.45) is 0.275. The lowest BCUT2D eigenvalue weighted by Crippen LogP contribution is -2.46. The van der Waals surface area contributed by atoms with Crippen molar-refractivity contribution in [2.45, 2.75) is 39.7 Å². The van der Waals surface area contributed by atoms with Crippen molar-refractivity contribution in [1.29, 1.82) is 0 Å². The van der Waals surface area contributed by atoms with Crippen molar-refractivity contribution >= 4 is 5.91 Å². The minimum absolute atomic E-state index is 0.0868. The first-order valence-corrected chi connectivity index (χ1v) is 6.46. The van der Waals surface area contributed by atoms with E-state index in [0.717, 1.165) is 16.9 Å². The number of aliphatic hydroxyl groups excluding tert-OH is 1. The Hall–Kier alpha value is -1.55. The average Bonchev–Trinajstić information content (AvgIpc) is 2.32. The first-order valence-electron chi connectivity index (χ1n) is 6.46. The molecule has 0 spiro atoms. The van der Waals surface area contributed by atoms with E-state index in [4.69, 9.17) is 9.84 Å². The molecule has 1 aromatic rings. The van der Waals surface area contributed by atoms with E-state index in [9.17, 15) is 4.79 Å². The molecule has 0 saturated carbocycles. The quantitative estimate of drug-likeness (QED) is 0.826. The number of ether oxygens (including phenoxy) is 1. The fraction of sp³-hybridized carbons (Fsp3) is 0.533. The van der Waals surface area contributed by atoms with E-state index in [-0.39, 0.29) is 18.9 Å². The molecule has 0 fully saturated rings. The maximum Gasteiger partial charge on any atom is 0.223 e. The number of hydrogen-bond acceptors (Lipinski definition) is 3. The summed E-state index contributed by atoms with van der Waals surface area (Å²) in [6, 6.07) is 5.95. The predicted octanol–water partition coefficient (Wildman–Crippen LogP) is 1.96. The molecule has 0 saturated heterocycles. The van der Waals surface area contributed by atoms with Crippen LogP contribution >= 0.6 is 0 Å². The van der Waals surface area contributed by atoms with E-state index in [1.807, 2.05) is 32.0 Å². The fourth-order valence-corrected chi connectivity index (χ4v) is 1.75. The second-order valence-electron chi connectivity index (χ2n) is 5.41. The number of aryl methyl sites for hydroxylation is 2. The molecule has 0 atom stereocenters. The molecule has 4 nitrogen and oxygen atoms in total. The number of carbonyl (C=O) groups is 1. The number of amides is 1. The SMILES string of the molecule is Cc1cccc(C)c1OCCC(=O)NC(C)(C)CO. The predicted molar refractivity (Wildman–Crippen MR) is 75.3 cm³/mol. The van der Waals surface area contributed by atoms with Gasteiger partial charge in [-0.3, -0.25) is 4.79 Å². The van der Waals surface area contributed by atoms with Crippen molar-refractivity contribution in [1.82, 2.24) is 5.32 Å². The highest BCUT2D eigenvalue weighted by Crippen LogP contribution is 2.22. The Morgan fingerprint density at radius 2 is 1.89 bits per heavy atom. The van der Waals surface area contributed by atoms with E-state index in [1.54, 1.807) is 13.8 Å². The van der Waals surface area contributed by atoms with Crippen LogP contribution in [0.25, 0.3) is 0 Å². The molecule has 1 amide bonds. The minimum Gasteiger partial charge on any atom is -0.493 e. The summed E-state index contributed by atoms with van der Waals surface area (Å²) in [5.74, 6) is 0.724. The summed E-state index contributed by atoms with van der Waals surface area (Å²) in [7, 11) is 0. The Kier molecular flexibility index (Phi) is 5.36. The van der Waals surface area contributed by atoms with Gasteiger partial charge in [-0.2, -0.15) is 0 Å². The normalized spacial score (nSPS) is 11.2. The van der Waals surface area contributed by atoms with E-state index in [1.165, 1.54) is 0 Å². The summed E-state index contributed by atoms with van der Waals surface area (Å²) >= 11 is 0. The zero-order valence-electron chi connectivity index (χ0n) is 12.1. The molecule has 0 radical (unpaired) electrons. The Bertz CT molecular complexity index is 421. The number of benzene rings is 1. The van der Waals surface area contributed by atoms with E-state index in [2.05, 4.69) is 5.32 Å². The standard InChI is InChI=1S/C15H23NO3/c1-11-6-5-7-12(2)14(11)19-9-8-13(18)16-15(3,4)10-17/h5-7,17H,8-10H2,1-4H3,(H,16,18). The van der Waals surface area contributed by atoms with Crippen LogP contribution in [0.2, 0.25) is 0 Å². The molecule has 0 aliphatic rings. The van der Waals surface area contributed by atoms with Gasteiger partial charge in [-0.15, -0.1) is 0 Å². The van der Waals surface area contributed by atoms with Gasteiger partial charge in [-0.05, 0) is 38.8 Å². The topological polar surface area (TPSA) is 58.6 Å². The Morgan fingerprint density at radius 1 is 1.32 bits per heavy atom. The van der Waals surface area contributed by atoms with Crippen LogP contribution < -0.4 is 10.1 Å². The Labute approximate surface area is 114 Å². The molecule has 1 aromatic carbocycles. The largest absolute Gasteiger partial charge is 0.493 e. The van der Waals surface area contributed by atoms with Gasteiger partial charge in [0.1, 0.15) is 5.75 Å². The maximum absolute atomic E-state index is 11.7. The molecule has 0 aromatic heterocycles. The zero-order valence-corrected chi connectivity index (χ0v) is 12.1. The molecule has 0 heterocycles. The van der Waals surface area contributed by atoms with Gasteiger partial charge in [-0.25, -0.2) is 0 Å². The highest BCUT2D eigenvalue weighted by molar-refractivity contribution is 5.76. The monoisotopic (exact) mass is 265 g/mol. The number of carbonyl (C=O) groups excluding carboxylic acids is 1. The summed E-state index contributed by atoms with van der Waals surface area (Å²) in [4.78, 5) is 11.7. The van der Waals surface area contributed by atoms with Crippen molar-refractivity contribution < 1.29 is 14.6 Å². The third kappa shape index (κ3) is 4.91. The molecule has 2 N–H and O–H groups in total. The molecular weight excluding hydrogens is 242 g/mol. The lowest BCUT2D eigenvalue weighted by molar-refractivity contribution is -0.123. The summed E-state index contributed by atoms with van der Waals surface area (Å²) in [6.45, 7) is 7.76. The van der Waals surface area contributed by atoms with Gasteiger partial charge in [0.05, 0.1) is 25.2 Å². The highest BCUT2D eigenvalue weighted by Gasteiger charge is 2.18. The first kappa shape index (κ1) is 15.5. The molecule has 0 unspecified atom stereocenters. The van der Waals surface area contributed by atoms with Gasteiger partial charge in [0.25, 0.3) is 0 Å². The maximum atomic E-state index is 11.7. The molecule has 1 rings (SSSR count). The second kappa shape index (κ2) is 6.57. The van der Waals surface area contributed by atoms with Crippen LogP contribution in [0.5, 0.6) is 5.75 Å². The zero-order chi connectivity index (χ0) is 14.5. The first-order chi connectivity index (χ1) is 8.85. The number of para-hydroxylation sites is 1. The van der Waals surface area contributed by atoms with Crippen LogP contribution in [0.4, 0.5) is 0 Å². The lowest BCUT2D eigenvalue weighted by atomic mass is 10.1. The summed E-state index contributed by atoms with van der Waals surface area (Å²) in [5, 5.41) is 11.8. The van der Waals surface area contributed by atoms with Crippen LogP contribution in [0.1, 0.15) is 31.4 Å². The molecular formula is C15H23NO3. The number of aliphatic hydroxyl groups is 1. The highest BCUT2D eigenvalue weighted by atomic mass is 16.5. The van der Waals surface area contributed by atoms with Gasteiger partial charge in [0.2, 0.25) is 5.91 Å². The summed E-state index contributed by atoms with van der Waals surface area (Å²) in [5.41, 5.74) is 1.54. The van der Waals surface area contributed by atoms with E-state index in [0.29, 0.717) is 6.61 Å². The van der Waals surface area contributed by atoms with E-state index >= 15 is 0 Å². The Morgan fingerprint density at radius 3 is 2.42 bits per heavy atom. The lowest BCUT2D eigenvalue weighted by Gasteiger charge is -2.23. The van der Waals surface area contributed by atoms with Crippen molar-refractivity contribution in [3.05, 3.63) is 29.3 Å². The minimum atomic E-state index is -0.588. The Balaban J connectivity index is 2.45. The number of nitrogens with one attached hydrogen (secondary N) is 1. The van der Waals surface area contributed by atoms with Gasteiger partial charge in [0, 0.05) is 0 Å². The summed E-state index contributed by atoms with van der Waals surface area (Å²) < 4.78 is 5.66. The molecule has 0 bridgehead atoms. The van der Waals surface area contributed by atoms with Crippen LogP contribution in [-0.2, 0) is 4.79 Å². The van der Waals surface area contributed by atoms with Gasteiger partial charge in [0.15, 0.2) is 0 Å². The van der Waals surface area contributed by atoms with E-state index < -0.39 is 5.54 Å². The molecule has 4 heteroatoms. The van der Waals surface area contributed by atoms with Crippen molar-refractivity contribution in [3.63, 3.8) is 0 Å². The third-order valence-electron chi connectivity index (χ3n) is 2.86. The van der Waals surface area contributed by atoms with Gasteiger partial charge < -0.3 is 15.2 Å². The third-order valence-corrected chi connectivity index (χ3v) is 2.86. The van der Waals surface area contributed by atoms with Crippen LogP contribution in [0.15, 0.2) is 18.2 Å².